The lowest BCUT2D eigenvalue weighted by Crippen LogP contribution is -2.02. The van der Waals surface area contributed by atoms with Gasteiger partial charge in [0, 0.05) is 17.8 Å². The second-order valence-corrected chi connectivity index (χ2v) is 7.78. The zero-order valence-corrected chi connectivity index (χ0v) is 17.6. The summed E-state index contributed by atoms with van der Waals surface area (Å²) in [6.07, 6.45) is 5.12. The monoisotopic (exact) mass is 419 g/mol. The summed E-state index contributed by atoms with van der Waals surface area (Å²) in [5.74, 6) is 0.231. The van der Waals surface area contributed by atoms with E-state index in [-0.39, 0.29) is 6.61 Å². The molecule has 0 spiro atoms. The molecule has 0 bridgehead atoms. The molecule has 30 heavy (non-hydrogen) atoms. The average Bonchev–Trinajstić information content (AvgIpc) is 3.47. The van der Waals surface area contributed by atoms with Crippen LogP contribution in [0.25, 0.3) is 16.6 Å². The lowest BCUT2D eigenvalue weighted by Gasteiger charge is -2.01. The molecular formula is C23H21N3O3S. The molecule has 0 saturated carbocycles. The van der Waals surface area contributed by atoms with Gasteiger partial charge in [-0.3, -0.25) is 4.68 Å². The normalized spacial score (nSPS) is 11.3. The largest absolute Gasteiger partial charge is 0.457 e. The van der Waals surface area contributed by atoms with E-state index < -0.39 is 5.97 Å². The Bertz CT molecular complexity index is 1140. The predicted octanol–water partition coefficient (Wildman–Crippen LogP) is 5.02. The first kappa shape index (κ1) is 19.8. The number of aromatic nitrogens is 3. The lowest BCUT2D eigenvalue weighted by molar-refractivity contribution is -0.138. The zero-order valence-electron chi connectivity index (χ0n) is 16.7. The van der Waals surface area contributed by atoms with Crippen LogP contribution < -0.4 is 0 Å². The van der Waals surface area contributed by atoms with Gasteiger partial charge in [0.2, 0.25) is 0 Å². The Hall–Kier alpha value is -3.45. The van der Waals surface area contributed by atoms with Crippen molar-refractivity contribution >= 4 is 23.4 Å². The highest BCUT2D eigenvalue weighted by Gasteiger charge is 2.13. The third kappa shape index (κ3) is 4.58. The third-order valence-electron chi connectivity index (χ3n) is 4.67. The number of benzene rings is 1. The van der Waals surface area contributed by atoms with Crippen LogP contribution in [0.2, 0.25) is 0 Å². The van der Waals surface area contributed by atoms with E-state index in [1.165, 1.54) is 6.08 Å². The van der Waals surface area contributed by atoms with Gasteiger partial charge in [-0.1, -0.05) is 41.6 Å². The average molecular weight is 420 g/mol. The summed E-state index contributed by atoms with van der Waals surface area (Å²) in [6, 6.07) is 14.1. The van der Waals surface area contributed by atoms with Crippen LogP contribution in [0.3, 0.4) is 0 Å². The van der Waals surface area contributed by atoms with E-state index in [4.69, 9.17) is 14.4 Å². The Kier molecular flexibility index (Phi) is 5.90. The SMILES string of the molecule is Cc1noc(C)c1COC(=O)C=Cc1cn(Cc2ccccc2)nc1-c1cccs1. The summed E-state index contributed by atoms with van der Waals surface area (Å²) in [5.41, 5.74) is 4.39. The molecular weight excluding hydrogens is 398 g/mol. The van der Waals surface area contributed by atoms with Crippen LogP contribution in [0, 0.1) is 13.8 Å². The second kappa shape index (κ2) is 8.92. The molecule has 152 valence electrons. The molecule has 0 N–H and O–H groups in total. The molecule has 0 atom stereocenters. The zero-order chi connectivity index (χ0) is 20.9. The van der Waals surface area contributed by atoms with Gasteiger partial charge < -0.3 is 9.26 Å². The van der Waals surface area contributed by atoms with Gasteiger partial charge in [-0.15, -0.1) is 11.3 Å². The van der Waals surface area contributed by atoms with Gasteiger partial charge in [-0.05, 0) is 36.9 Å². The molecule has 0 aliphatic heterocycles. The van der Waals surface area contributed by atoms with Gasteiger partial charge in [-0.25, -0.2) is 4.79 Å². The molecule has 7 heteroatoms. The number of thiophene rings is 1. The summed E-state index contributed by atoms with van der Waals surface area (Å²) in [6.45, 7) is 4.41. The second-order valence-electron chi connectivity index (χ2n) is 6.84. The number of ether oxygens (including phenoxy) is 1. The molecule has 0 unspecified atom stereocenters. The Labute approximate surface area is 178 Å². The first-order valence-corrected chi connectivity index (χ1v) is 10.4. The molecule has 0 amide bonds. The summed E-state index contributed by atoms with van der Waals surface area (Å²) >= 11 is 1.61. The van der Waals surface area contributed by atoms with Gasteiger partial charge >= 0.3 is 5.97 Å². The van der Waals surface area contributed by atoms with E-state index in [2.05, 4.69) is 17.3 Å². The van der Waals surface area contributed by atoms with Crippen molar-refractivity contribution in [3.63, 3.8) is 0 Å². The molecule has 3 aromatic heterocycles. The molecule has 4 aromatic rings. The Morgan fingerprint density at radius 2 is 2.03 bits per heavy atom. The Morgan fingerprint density at radius 3 is 2.73 bits per heavy atom. The summed E-state index contributed by atoms with van der Waals surface area (Å²) < 4.78 is 12.3. The van der Waals surface area contributed by atoms with Crippen molar-refractivity contribution in [3.05, 3.63) is 88.3 Å². The van der Waals surface area contributed by atoms with Crippen LogP contribution in [-0.2, 0) is 22.7 Å². The minimum Gasteiger partial charge on any atom is -0.457 e. The van der Waals surface area contributed by atoms with E-state index in [0.717, 1.165) is 33.0 Å². The fraction of sp³-hybridized carbons (Fsp3) is 0.174. The first-order chi connectivity index (χ1) is 14.6. The predicted molar refractivity (Wildman–Crippen MR) is 116 cm³/mol. The van der Waals surface area contributed by atoms with Gasteiger partial charge in [0.1, 0.15) is 18.1 Å². The van der Waals surface area contributed by atoms with Crippen molar-refractivity contribution in [3.8, 4) is 10.6 Å². The fourth-order valence-corrected chi connectivity index (χ4v) is 3.80. The number of carbonyl (C=O) groups is 1. The van der Waals surface area contributed by atoms with Gasteiger partial charge in [-0.2, -0.15) is 5.10 Å². The van der Waals surface area contributed by atoms with E-state index in [1.54, 1.807) is 24.3 Å². The highest BCUT2D eigenvalue weighted by atomic mass is 32.1. The van der Waals surface area contributed by atoms with Crippen LogP contribution in [0.1, 0.15) is 28.1 Å². The highest BCUT2D eigenvalue weighted by molar-refractivity contribution is 7.13. The summed E-state index contributed by atoms with van der Waals surface area (Å²) in [7, 11) is 0. The van der Waals surface area contributed by atoms with Crippen molar-refractivity contribution in [1.82, 2.24) is 14.9 Å². The molecule has 0 aliphatic carbocycles. The molecule has 0 saturated heterocycles. The van der Waals surface area contributed by atoms with Crippen molar-refractivity contribution in [2.45, 2.75) is 27.0 Å². The lowest BCUT2D eigenvalue weighted by atomic mass is 10.2. The molecule has 0 fully saturated rings. The van der Waals surface area contributed by atoms with E-state index in [0.29, 0.717) is 12.3 Å². The van der Waals surface area contributed by atoms with Crippen LogP contribution in [0.5, 0.6) is 0 Å². The number of hydrogen-bond donors (Lipinski definition) is 0. The Morgan fingerprint density at radius 1 is 1.20 bits per heavy atom. The smallest absolute Gasteiger partial charge is 0.331 e. The minimum atomic E-state index is -0.428. The van der Waals surface area contributed by atoms with E-state index in [9.17, 15) is 4.79 Å². The molecule has 4 rings (SSSR count). The standard InChI is InChI=1S/C23H21N3O3S/c1-16-20(17(2)29-25-16)15-28-22(27)11-10-19-14-26(13-18-7-4-3-5-8-18)24-23(19)21-9-6-12-30-21/h3-12,14H,13,15H2,1-2H3. The van der Waals surface area contributed by atoms with E-state index in [1.807, 2.05) is 53.5 Å². The maximum absolute atomic E-state index is 12.2. The highest BCUT2D eigenvalue weighted by Crippen LogP contribution is 2.28. The number of nitrogens with zero attached hydrogens (tertiary/aromatic N) is 3. The number of carbonyl (C=O) groups excluding carboxylic acids is 1. The van der Waals surface area contributed by atoms with E-state index >= 15 is 0 Å². The fourth-order valence-electron chi connectivity index (χ4n) is 3.07. The van der Waals surface area contributed by atoms with Crippen molar-refractivity contribution < 1.29 is 14.1 Å². The molecule has 0 radical (unpaired) electrons. The van der Waals surface area contributed by atoms with Crippen molar-refractivity contribution in [1.29, 1.82) is 0 Å². The van der Waals surface area contributed by atoms with Crippen LogP contribution >= 0.6 is 11.3 Å². The van der Waals surface area contributed by atoms with Crippen LogP contribution in [-0.4, -0.2) is 20.9 Å². The quantitative estimate of drug-likeness (QED) is 0.311. The van der Waals surface area contributed by atoms with Gasteiger partial charge in [0.15, 0.2) is 0 Å². The molecule has 3 heterocycles. The topological polar surface area (TPSA) is 70.2 Å². The number of hydrogen-bond acceptors (Lipinski definition) is 6. The number of esters is 1. The van der Waals surface area contributed by atoms with Crippen molar-refractivity contribution in [2.24, 2.45) is 0 Å². The maximum Gasteiger partial charge on any atom is 0.331 e. The minimum absolute atomic E-state index is 0.134. The maximum atomic E-state index is 12.2. The summed E-state index contributed by atoms with van der Waals surface area (Å²) in [5, 5.41) is 10.6. The number of aryl methyl sites for hydroxylation is 2. The number of rotatable bonds is 7. The molecule has 0 aliphatic rings. The van der Waals surface area contributed by atoms with Gasteiger partial charge in [0.05, 0.1) is 22.7 Å². The van der Waals surface area contributed by atoms with Crippen LogP contribution in [0.4, 0.5) is 0 Å². The van der Waals surface area contributed by atoms with Gasteiger partial charge in [0.25, 0.3) is 0 Å². The molecule has 6 nitrogen and oxygen atoms in total. The summed E-state index contributed by atoms with van der Waals surface area (Å²) in [4.78, 5) is 13.3. The third-order valence-corrected chi connectivity index (χ3v) is 5.55. The van der Waals surface area contributed by atoms with Crippen molar-refractivity contribution in [2.75, 3.05) is 0 Å². The molecule has 1 aromatic carbocycles. The first-order valence-electron chi connectivity index (χ1n) is 9.52. The Balaban J connectivity index is 1.51. The van der Waals surface area contributed by atoms with Crippen LogP contribution in [0.15, 0.2) is 64.6 Å².